The summed E-state index contributed by atoms with van der Waals surface area (Å²) in [5, 5.41) is 2.76. The van der Waals surface area contributed by atoms with Crippen molar-refractivity contribution < 1.29 is 17.6 Å². The predicted octanol–water partition coefficient (Wildman–Crippen LogP) is 2.41. The fourth-order valence-electron chi connectivity index (χ4n) is 2.66. The molecule has 4 nitrogen and oxygen atoms in total. The van der Waals surface area contributed by atoms with E-state index in [1.165, 1.54) is 12.1 Å². The van der Waals surface area contributed by atoms with Crippen LogP contribution in [0.25, 0.3) is 11.1 Å². The summed E-state index contributed by atoms with van der Waals surface area (Å²) in [6.45, 7) is 0. The fraction of sp³-hybridized carbons (Fsp3) is 0.235. The second-order valence-electron chi connectivity index (χ2n) is 5.66. The van der Waals surface area contributed by atoms with Crippen molar-refractivity contribution in [1.29, 1.82) is 0 Å². The number of hydrogen-bond donors (Lipinski definition) is 1. The van der Waals surface area contributed by atoms with E-state index in [2.05, 4.69) is 5.32 Å². The molecule has 6 heteroatoms. The van der Waals surface area contributed by atoms with E-state index in [1.807, 2.05) is 6.07 Å². The van der Waals surface area contributed by atoms with Crippen LogP contribution in [0.3, 0.4) is 0 Å². The molecule has 2 aromatic carbocycles. The Hall–Kier alpha value is -2.21. The quantitative estimate of drug-likeness (QED) is 0.938. The first-order chi connectivity index (χ1) is 10.9. The van der Waals surface area contributed by atoms with E-state index in [-0.39, 0.29) is 29.3 Å². The Morgan fingerprint density at radius 3 is 2.48 bits per heavy atom. The molecule has 0 aromatic heterocycles. The fourth-order valence-corrected chi connectivity index (χ4v) is 4.33. The Kier molecular flexibility index (Phi) is 4.17. The zero-order chi connectivity index (χ0) is 16.4. The maximum Gasteiger partial charge on any atom is 0.251 e. The third kappa shape index (κ3) is 3.76. The van der Waals surface area contributed by atoms with Gasteiger partial charge in [0.1, 0.15) is 5.82 Å². The maximum atomic E-state index is 13.0. The first-order valence-electron chi connectivity index (χ1n) is 7.30. The minimum atomic E-state index is -3.03. The number of rotatable bonds is 3. The molecule has 1 atom stereocenters. The largest absolute Gasteiger partial charge is 0.348 e. The number of hydrogen-bond acceptors (Lipinski definition) is 3. The van der Waals surface area contributed by atoms with Gasteiger partial charge < -0.3 is 5.32 Å². The van der Waals surface area contributed by atoms with Crippen LogP contribution in [0.4, 0.5) is 4.39 Å². The number of halogens is 1. The van der Waals surface area contributed by atoms with E-state index >= 15 is 0 Å². The molecule has 1 fully saturated rings. The average molecular weight is 333 g/mol. The molecule has 120 valence electrons. The summed E-state index contributed by atoms with van der Waals surface area (Å²) in [6.07, 6.45) is 0.450. The molecule has 0 radical (unpaired) electrons. The van der Waals surface area contributed by atoms with Crippen LogP contribution in [0.5, 0.6) is 0 Å². The van der Waals surface area contributed by atoms with E-state index in [0.717, 1.165) is 11.1 Å². The van der Waals surface area contributed by atoms with E-state index in [4.69, 9.17) is 0 Å². The number of sulfone groups is 1. The summed E-state index contributed by atoms with van der Waals surface area (Å²) < 4.78 is 35.9. The molecule has 0 unspecified atom stereocenters. The lowest BCUT2D eigenvalue weighted by Crippen LogP contribution is -2.35. The molecule has 1 heterocycles. The van der Waals surface area contributed by atoms with Crippen LogP contribution in [0.2, 0.25) is 0 Å². The normalized spacial score (nSPS) is 19.4. The minimum Gasteiger partial charge on any atom is -0.348 e. The number of carbonyl (C=O) groups is 1. The van der Waals surface area contributed by atoms with Crippen molar-refractivity contribution >= 4 is 15.7 Å². The molecule has 1 amide bonds. The van der Waals surface area contributed by atoms with Crippen LogP contribution < -0.4 is 5.32 Å². The second-order valence-corrected chi connectivity index (χ2v) is 7.89. The lowest BCUT2D eigenvalue weighted by Gasteiger charge is -2.11. The number of nitrogens with one attached hydrogen (secondary N) is 1. The molecule has 0 bridgehead atoms. The Labute approximate surface area is 134 Å². The van der Waals surface area contributed by atoms with Gasteiger partial charge in [-0.2, -0.15) is 0 Å². The van der Waals surface area contributed by atoms with Gasteiger partial charge in [0, 0.05) is 11.6 Å². The second kappa shape index (κ2) is 6.12. The Bertz CT molecular complexity index is 831. The molecule has 0 aliphatic carbocycles. The van der Waals surface area contributed by atoms with Crippen LogP contribution >= 0.6 is 0 Å². The van der Waals surface area contributed by atoms with Crippen molar-refractivity contribution in [2.45, 2.75) is 12.5 Å². The third-order valence-corrected chi connectivity index (χ3v) is 5.64. The van der Waals surface area contributed by atoms with Gasteiger partial charge in [-0.15, -0.1) is 0 Å². The highest BCUT2D eigenvalue weighted by molar-refractivity contribution is 7.91. The summed E-state index contributed by atoms with van der Waals surface area (Å²) in [7, 11) is -3.03. The SMILES string of the molecule is O=C(N[C@H]1CCS(=O)(=O)C1)c1cccc(-c2ccc(F)cc2)c1. The lowest BCUT2D eigenvalue weighted by atomic mass is 10.0. The average Bonchev–Trinajstić information content (AvgIpc) is 2.87. The smallest absolute Gasteiger partial charge is 0.251 e. The van der Waals surface area contributed by atoms with Crippen LogP contribution in [0, 0.1) is 5.82 Å². The van der Waals surface area contributed by atoms with Crippen LogP contribution in [-0.4, -0.2) is 31.9 Å². The molecule has 23 heavy (non-hydrogen) atoms. The van der Waals surface area contributed by atoms with Gasteiger partial charge in [-0.3, -0.25) is 4.79 Å². The molecule has 1 saturated heterocycles. The van der Waals surface area contributed by atoms with Gasteiger partial charge in [0.15, 0.2) is 9.84 Å². The van der Waals surface area contributed by atoms with Gasteiger partial charge in [0.2, 0.25) is 0 Å². The molecule has 1 N–H and O–H groups in total. The highest BCUT2D eigenvalue weighted by Gasteiger charge is 2.29. The first-order valence-corrected chi connectivity index (χ1v) is 9.12. The van der Waals surface area contributed by atoms with E-state index in [0.29, 0.717) is 12.0 Å². The number of carbonyl (C=O) groups excluding carboxylic acids is 1. The number of amides is 1. The van der Waals surface area contributed by atoms with E-state index < -0.39 is 9.84 Å². The standard InChI is InChI=1S/C17H16FNO3S/c18-15-6-4-12(5-7-15)13-2-1-3-14(10-13)17(20)19-16-8-9-23(21,22)11-16/h1-7,10,16H,8-9,11H2,(H,19,20)/t16-/m0/s1. The zero-order valence-electron chi connectivity index (χ0n) is 12.3. The van der Waals surface area contributed by atoms with Crippen LogP contribution in [-0.2, 0) is 9.84 Å². The van der Waals surface area contributed by atoms with E-state index in [1.54, 1.807) is 30.3 Å². The molecule has 0 spiro atoms. The summed E-state index contributed by atoms with van der Waals surface area (Å²) >= 11 is 0. The third-order valence-electron chi connectivity index (χ3n) is 3.87. The van der Waals surface area contributed by atoms with Gasteiger partial charge in [-0.25, -0.2) is 12.8 Å². The van der Waals surface area contributed by atoms with Gasteiger partial charge in [-0.05, 0) is 41.8 Å². The monoisotopic (exact) mass is 333 g/mol. The van der Waals surface area contributed by atoms with Gasteiger partial charge >= 0.3 is 0 Å². The minimum absolute atomic E-state index is 0.00358. The Balaban J connectivity index is 1.77. The first kappa shape index (κ1) is 15.7. The predicted molar refractivity (Wildman–Crippen MR) is 86.4 cm³/mol. The zero-order valence-corrected chi connectivity index (χ0v) is 13.1. The Morgan fingerprint density at radius 1 is 1.09 bits per heavy atom. The lowest BCUT2D eigenvalue weighted by molar-refractivity contribution is 0.0941. The van der Waals surface area contributed by atoms with Crippen molar-refractivity contribution in [3.63, 3.8) is 0 Å². The summed E-state index contributed by atoms with van der Waals surface area (Å²) in [5.41, 5.74) is 2.07. The van der Waals surface area contributed by atoms with Gasteiger partial charge in [-0.1, -0.05) is 24.3 Å². The van der Waals surface area contributed by atoms with Gasteiger partial charge in [0.25, 0.3) is 5.91 Å². The summed E-state index contributed by atoms with van der Waals surface area (Å²) in [4.78, 5) is 12.3. The van der Waals surface area contributed by atoms with Crippen LogP contribution in [0.15, 0.2) is 48.5 Å². The summed E-state index contributed by atoms with van der Waals surface area (Å²) in [6, 6.07) is 12.7. The number of benzene rings is 2. The highest BCUT2D eigenvalue weighted by Crippen LogP contribution is 2.21. The van der Waals surface area contributed by atoms with Crippen molar-refractivity contribution in [1.82, 2.24) is 5.32 Å². The maximum absolute atomic E-state index is 13.0. The summed E-state index contributed by atoms with van der Waals surface area (Å²) in [5.74, 6) is -0.495. The Morgan fingerprint density at radius 2 is 1.83 bits per heavy atom. The highest BCUT2D eigenvalue weighted by atomic mass is 32.2. The van der Waals surface area contributed by atoms with E-state index in [9.17, 15) is 17.6 Å². The van der Waals surface area contributed by atoms with Crippen molar-refractivity contribution in [3.05, 3.63) is 59.9 Å². The van der Waals surface area contributed by atoms with Crippen molar-refractivity contribution in [2.24, 2.45) is 0 Å². The molecule has 1 aliphatic heterocycles. The molecule has 0 saturated carbocycles. The molecular weight excluding hydrogens is 317 g/mol. The molecule has 3 rings (SSSR count). The van der Waals surface area contributed by atoms with Crippen LogP contribution in [0.1, 0.15) is 16.8 Å². The molecular formula is C17H16FNO3S. The van der Waals surface area contributed by atoms with Crippen molar-refractivity contribution in [3.8, 4) is 11.1 Å². The topological polar surface area (TPSA) is 63.2 Å². The molecule has 1 aliphatic rings. The van der Waals surface area contributed by atoms with Crippen molar-refractivity contribution in [2.75, 3.05) is 11.5 Å². The van der Waals surface area contributed by atoms with Gasteiger partial charge in [0.05, 0.1) is 11.5 Å². The molecule has 2 aromatic rings.